The number of carbonyl (C=O) groups is 2. The van der Waals surface area contributed by atoms with Crippen LogP contribution in [0.5, 0.6) is 0 Å². The van der Waals surface area contributed by atoms with Gasteiger partial charge < -0.3 is 15.7 Å². The zero-order valence-electron chi connectivity index (χ0n) is 12.4. The molecule has 1 aromatic carbocycles. The van der Waals surface area contributed by atoms with Crippen LogP contribution in [0.25, 0.3) is 0 Å². The molecule has 1 unspecified atom stereocenters. The smallest absolute Gasteiger partial charge is 0.326 e. The molecule has 1 aromatic rings. The average molecular weight is 357 g/mol. The summed E-state index contributed by atoms with van der Waals surface area (Å²) in [7, 11) is 0. The van der Waals surface area contributed by atoms with Crippen LogP contribution in [0.2, 0.25) is 0 Å². The van der Waals surface area contributed by atoms with Crippen molar-refractivity contribution in [1.29, 1.82) is 0 Å². The van der Waals surface area contributed by atoms with Crippen LogP contribution in [0.4, 0.5) is 4.79 Å². The highest BCUT2D eigenvalue weighted by Gasteiger charge is 2.21. The van der Waals surface area contributed by atoms with E-state index < -0.39 is 18.0 Å². The van der Waals surface area contributed by atoms with E-state index in [1.807, 2.05) is 45.0 Å². The van der Waals surface area contributed by atoms with Gasteiger partial charge in [0.25, 0.3) is 0 Å². The summed E-state index contributed by atoms with van der Waals surface area (Å²) in [4.78, 5) is 23.0. The lowest BCUT2D eigenvalue weighted by molar-refractivity contribution is -0.139. The Bertz CT molecular complexity index is 488. The molecule has 0 heterocycles. The van der Waals surface area contributed by atoms with Gasteiger partial charge in [0.1, 0.15) is 6.04 Å². The van der Waals surface area contributed by atoms with Crippen molar-refractivity contribution < 1.29 is 14.7 Å². The lowest BCUT2D eigenvalue weighted by Gasteiger charge is -2.19. The fraction of sp³-hybridized carbons (Fsp3) is 0.467. The third-order valence-corrected chi connectivity index (χ3v) is 3.56. The summed E-state index contributed by atoms with van der Waals surface area (Å²) in [6.07, 6.45) is 0.398. The molecular weight excluding hydrogens is 336 g/mol. The largest absolute Gasteiger partial charge is 0.480 e. The summed E-state index contributed by atoms with van der Waals surface area (Å²) in [5.41, 5.74) is 0.948. The maximum atomic E-state index is 11.9. The molecule has 116 valence electrons. The Kier molecular flexibility index (Phi) is 6.68. The molecule has 0 aliphatic carbocycles. The van der Waals surface area contributed by atoms with Crippen LogP contribution in [-0.4, -0.2) is 23.1 Å². The molecule has 2 atom stereocenters. The van der Waals surface area contributed by atoms with E-state index in [-0.39, 0.29) is 12.0 Å². The number of carboxylic acid groups (broad SMARTS) is 1. The highest BCUT2D eigenvalue weighted by atomic mass is 79.9. The maximum Gasteiger partial charge on any atom is 0.326 e. The van der Waals surface area contributed by atoms with E-state index >= 15 is 0 Å². The first kappa shape index (κ1) is 17.5. The number of rotatable bonds is 6. The number of benzene rings is 1. The highest BCUT2D eigenvalue weighted by Crippen LogP contribution is 2.16. The number of halogens is 1. The van der Waals surface area contributed by atoms with Gasteiger partial charge in [0, 0.05) is 4.47 Å². The number of amides is 2. The minimum absolute atomic E-state index is 0.190. The van der Waals surface area contributed by atoms with Gasteiger partial charge in [-0.2, -0.15) is 0 Å². The quantitative estimate of drug-likeness (QED) is 0.731. The van der Waals surface area contributed by atoms with Crippen LogP contribution in [0, 0.1) is 5.92 Å². The molecule has 0 aromatic heterocycles. The van der Waals surface area contributed by atoms with E-state index in [0.717, 1.165) is 10.0 Å². The van der Waals surface area contributed by atoms with E-state index in [2.05, 4.69) is 26.6 Å². The van der Waals surface area contributed by atoms with Crippen LogP contribution >= 0.6 is 15.9 Å². The van der Waals surface area contributed by atoms with Gasteiger partial charge in [-0.3, -0.25) is 0 Å². The van der Waals surface area contributed by atoms with E-state index in [0.29, 0.717) is 6.42 Å². The van der Waals surface area contributed by atoms with Gasteiger partial charge in [0.2, 0.25) is 0 Å². The van der Waals surface area contributed by atoms with Crippen molar-refractivity contribution in [2.45, 2.75) is 39.3 Å². The molecule has 6 heteroatoms. The van der Waals surface area contributed by atoms with Crippen LogP contribution < -0.4 is 10.6 Å². The van der Waals surface area contributed by atoms with Crippen molar-refractivity contribution in [3.05, 3.63) is 34.3 Å². The summed E-state index contributed by atoms with van der Waals surface area (Å²) in [6.45, 7) is 5.68. The number of hydrogen-bond donors (Lipinski definition) is 3. The molecule has 0 saturated carbocycles. The summed E-state index contributed by atoms with van der Waals surface area (Å²) in [5, 5.41) is 14.4. The Balaban J connectivity index is 2.59. The van der Waals surface area contributed by atoms with Gasteiger partial charge in [0.05, 0.1) is 6.04 Å². The van der Waals surface area contributed by atoms with Gasteiger partial charge >= 0.3 is 12.0 Å². The van der Waals surface area contributed by atoms with Gasteiger partial charge in [-0.05, 0) is 37.0 Å². The number of hydrogen-bond acceptors (Lipinski definition) is 2. The third kappa shape index (κ3) is 6.16. The predicted octanol–water partition coefficient (Wildman–Crippen LogP) is 3.31. The van der Waals surface area contributed by atoms with Crippen molar-refractivity contribution in [2.75, 3.05) is 0 Å². The zero-order chi connectivity index (χ0) is 16.0. The monoisotopic (exact) mass is 356 g/mol. The number of aliphatic carboxylic acids is 1. The van der Waals surface area contributed by atoms with Crippen molar-refractivity contribution in [1.82, 2.24) is 10.6 Å². The van der Waals surface area contributed by atoms with E-state index in [1.54, 1.807) is 0 Å². The summed E-state index contributed by atoms with van der Waals surface area (Å²) < 4.78 is 0.964. The van der Waals surface area contributed by atoms with Crippen molar-refractivity contribution in [3.8, 4) is 0 Å². The normalized spacial score (nSPS) is 13.6. The topological polar surface area (TPSA) is 78.4 Å². The first-order chi connectivity index (χ1) is 9.79. The maximum absolute atomic E-state index is 11.9. The minimum atomic E-state index is -1.02. The molecule has 0 saturated heterocycles. The van der Waals surface area contributed by atoms with Crippen LogP contribution in [0.3, 0.4) is 0 Å². The van der Waals surface area contributed by atoms with Gasteiger partial charge in [-0.1, -0.05) is 41.9 Å². The first-order valence-corrected chi connectivity index (χ1v) is 7.64. The number of urea groups is 1. The number of nitrogens with one attached hydrogen (secondary N) is 2. The third-order valence-electron chi connectivity index (χ3n) is 3.03. The molecule has 2 amide bonds. The standard InChI is InChI=1S/C15H21BrN2O3/c1-9(2)8-13(14(19)20)18-15(21)17-10(3)11-4-6-12(16)7-5-11/h4-7,9-10,13H,8H2,1-3H3,(H,19,20)(H2,17,18,21)/t10?,13-/m1/s1. The Morgan fingerprint density at radius 2 is 1.71 bits per heavy atom. The van der Waals surface area contributed by atoms with E-state index in [9.17, 15) is 9.59 Å². The van der Waals surface area contributed by atoms with Gasteiger partial charge in [-0.25, -0.2) is 9.59 Å². The molecule has 0 radical (unpaired) electrons. The predicted molar refractivity (Wildman–Crippen MR) is 85.1 cm³/mol. The van der Waals surface area contributed by atoms with Crippen molar-refractivity contribution in [3.63, 3.8) is 0 Å². The molecule has 0 aliphatic heterocycles. The molecule has 3 N–H and O–H groups in total. The second-order valence-corrected chi connectivity index (χ2v) is 6.33. The molecule has 1 rings (SSSR count). The summed E-state index contributed by atoms with van der Waals surface area (Å²) in [6, 6.07) is 6.04. The van der Waals surface area contributed by atoms with Crippen molar-refractivity contribution in [2.24, 2.45) is 5.92 Å². The Labute approximate surface area is 133 Å². The summed E-state index contributed by atoms with van der Waals surface area (Å²) >= 11 is 3.35. The molecule has 0 fully saturated rings. The van der Waals surface area contributed by atoms with Gasteiger partial charge in [0.15, 0.2) is 0 Å². The lowest BCUT2D eigenvalue weighted by atomic mass is 10.0. The Morgan fingerprint density at radius 3 is 2.19 bits per heavy atom. The van der Waals surface area contributed by atoms with Crippen LogP contribution in [0.15, 0.2) is 28.7 Å². The number of carbonyl (C=O) groups excluding carboxylic acids is 1. The molecular formula is C15H21BrN2O3. The molecule has 5 nitrogen and oxygen atoms in total. The van der Waals surface area contributed by atoms with Crippen LogP contribution in [0.1, 0.15) is 38.8 Å². The highest BCUT2D eigenvalue weighted by molar-refractivity contribution is 9.10. The fourth-order valence-corrected chi connectivity index (χ4v) is 2.19. The Hall–Kier alpha value is -1.56. The molecule has 21 heavy (non-hydrogen) atoms. The second-order valence-electron chi connectivity index (χ2n) is 5.41. The molecule has 0 aliphatic rings. The van der Waals surface area contributed by atoms with E-state index in [4.69, 9.17) is 5.11 Å². The molecule has 0 spiro atoms. The van der Waals surface area contributed by atoms with E-state index in [1.165, 1.54) is 0 Å². The summed E-state index contributed by atoms with van der Waals surface area (Å²) in [5.74, 6) is -0.828. The second kappa shape index (κ2) is 8.02. The zero-order valence-corrected chi connectivity index (χ0v) is 14.0. The molecule has 0 bridgehead atoms. The Morgan fingerprint density at radius 1 is 1.14 bits per heavy atom. The minimum Gasteiger partial charge on any atom is -0.480 e. The average Bonchev–Trinajstić information content (AvgIpc) is 2.37. The number of carboxylic acids is 1. The van der Waals surface area contributed by atoms with Crippen molar-refractivity contribution >= 4 is 27.9 Å². The first-order valence-electron chi connectivity index (χ1n) is 6.85. The van der Waals surface area contributed by atoms with Gasteiger partial charge in [-0.15, -0.1) is 0 Å². The fourth-order valence-electron chi connectivity index (χ4n) is 1.92. The van der Waals surface area contributed by atoms with Crippen LogP contribution in [-0.2, 0) is 4.79 Å². The lowest BCUT2D eigenvalue weighted by Crippen LogP contribution is -2.47. The SMILES string of the molecule is CC(C)C[C@@H](NC(=O)NC(C)c1ccc(Br)cc1)C(=O)O.